The Morgan fingerprint density at radius 2 is 2.07 bits per heavy atom. The molecule has 30 heavy (non-hydrogen) atoms. The van der Waals surface area contributed by atoms with Crippen molar-refractivity contribution < 1.29 is 4.92 Å². The number of allylic oxidation sites excluding steroid dienone is 2. The van der Waals surface area contributed by atoms with Crippen molar-refractivity contribution in [2.24, 2.45) is 17.1 Å². The average molecular weight is 423 g/mol. The van der Waals surface area contributed by atoms with Crippen LogP contribution < -0.4 is 5.73 Å². The van der Waals surface area contributed by atoms with E-state index in [1.807, 2.05) is 25.1 Å². The van der Waals surface area contributed by atoms with E-state index >= 15 is 0 Å². The molecule has 2 aliphatic rings. The van der Waals surface area contributed by atoms with Crippen molar-refractivity contribution in [1.82, 2.24) is 4.90 Å². The summed E-state index contributed by atoms with van der Waals surface area (Å²) in [6.07, 6.45) is 2.80. The van der Waals surface area contributed by atoms with Gasteiger partial charge in [0.05, 0.1) is 28.3 Å². The van der Waals surface area contributed by atoms with Gasteiger partial charge in [-0.2, -0.15) is 15.8 Å². The third kappa shape index (κ3) is 3.19. The lowest BCUT2D eigenvalue weighted by Crippen LogP contribution is -2.48. The van der Waals surface area contributed by atoms with Crippen LogP contribution in [0.1, 0.15) is 24.8 Å². The van der Waals surface area contributed by atoms with Crippen molar-refractivity contribution in [3.63, 3.8) is 0 Å². The molecular formula is C21H19ClN6O2. The molecule has 1 aromatic rings. The van der Waals surface area contributed by atoms with E-state index in [-0.39, 0.29) is 22.0 Å². The van der Waals surface area contributed by atoms with Crippen LogP contribution >= 0.6 is 11.6 Å². The number of nitriles is 3. The van der Waals surface area contributed by atoms with Gasteiger partial charge in [-0.3, -0.25) is 15.0 Å². The molecule has 0 spiro atoms. The molecule has 1 aliphatic carbocycles. The molecule has 1 aliphatic heterocycles. The van der Waals surface area contributed by atoms with Gasteiger partial charge in [-0.05, 0) is 30.2 Å². The van der Waals surface area contributed by atoms with Gasteiger partial charge in [-0.15, -0.1) is 0 Å². The Balaban J connectivity index is 2.34. The Hall–Kier alpha value is -3.38. The Kier molecular flexibility index (Phi) is 5.80. The SMILES string of the molecule is CCCN1CC=C2C(C#N)=C(N)C(C#N)(C#N)[C@H](c3cc([N+](=O)[O-])ccc3Cl)[C@H]2C1. The minimum Gasteiger partial charge on any atom is -0.399 e. The summed E-state index contributed by atoms with van der Waals surface area (Å²) >= 11 is 6.43. The maximum atomic E-state index is 11.4. The molecule has 0 saturated heterocycles. The second kappa shape index (κ2) is 8.16. The van der Waals surface area contributed by atoms with E-state index in [1.54, 1.807) is 0 Å². The highest BCUT2D eigenvalue weighted by molar-refractivity contribution is 6.31. The van der Waals surface area contributed by atoms with Crippen LogP contribution in [0.3, 0.4) is 0 Å². The Morgan fingerprint density at radius 1 is 1.37 bits per heavy atom. The fourth-order valence-electron chi connectivity index (χ4n) is 4.47. The molecule has 152 valence electrons. The maximum absolute atomic E-state index is 11.4. The number of rotatable bonds is 4. The van der Waals surface area contributed by atoms with Gasteiger partial charge in [0.1, 0.15) is 6.07 Å². The third-order valence-electron chi connectivity index (χ3n) is 5.81. The van der Waals surface area contributed by atoms with Crippen molar-refractivity contribution in [1.29, 1.82) is 15.8 Å². The molecule has 1 heterocycles. The first-order valence-corrected chi connectivity index (χ1v) is 9.81. The molecule has 0 radical (unpaired) electrons. The standard InChI is InChI=1S/C21H19ClN6O2/c1-2-6-27-7-5-14-16(9-23)20(26)21(11-24,12-25)19(17(14)10-27)15-8-13(28(29)30)3-4-18(15)22/h3-5,8,17,19H,2,6-7,10,26H2,1H3/t17-,19+/m0/s1. The number of fused-ring (bicyclic) bond motifs is 1. The fourth-order valence-corrected chi connectivity index (χ4v) is 4.70. The summed E-state index contributed by atoms with van der Waals surface area (Å²) in [5, 5.41) is 41.5. The minimum atomic E-state index is -1.87. The molecule has 0 aromatic heterocycles. The first kappa shape index (κ1) is 21.3. The normalized spacial score (nSPS) is 22.8. The molecule has 0 saturated carbocycles. The first-order chi connectivity index (χ1) is 14.3. The molecule has 2 atom stereocenters. The molecule has 9 heteroatoms. The Labute approximate surface area is 179 Å². The number of nitrogens with two attached hydrogens (primary N) is 1. The zero-order valence-electron chi connectivity index (χ0n) is 16.3. The van der Waals surface area contributed by atoms with Crippen LogP contribution in [0.5, 0.6) is 0 Å². The second-order valence-electron chi connectivity index (χ2n) is 7.40. The van der Waals surface area contributed by atoms with Crippen LogP contribution in [0, 0.1) is 55.4 Å². The lowest BCUT2D eigenvalue weighted by atomic mass is 9.58. The number of nitro groups is 1. The summed E-state index contributed by atoms with van der Waals surface area (Å²) in [6, 6.07) is 10.1. The first-order valence-electron chi connectivity index (χ1n) is 9.44. The van der Waals surface area contributed by atoms with Crippen LogP contribution in [0.2, 0.25) is 5.02 Å². The van der Waals surface area contributed by atoms with E-state index < -0.39 is 22.2 Å². The molecular weight excluding hydrogens is 404 g/mol. The number of nitrogens with zero attached hydrogens (tertiary/aromatic N) is 5. The van der Waals surface area contributed by atoms with E-state index in [0.29, 0.717) is 24.2 Å². The maximum Gasteiger partial charge on any atom is 0.269 e. The van der Waals surface area contributed by atoms with Gasteiger partial charge in [0.2, 0.25) is 0 Å². The lowest BCUT2D eigenvalue weighted by Gasteiger charge is -2.45. The molecule has 1 aromatic carbocycles. The largest absolute Gasteiger partial charge is 0.399 e. The highest BCUT2D eigenvalue weighted by Gasteiger charge is 2.55. The van der Waals surface area contributed by atoms with Crippen LogP contribution in [0.4, 0.5) is 5.69 Å². The van der Waals surface area contributed by atoms with Crippen LogP contribution in [-0.4, -0.2) is 29.5 Å². The Bertz CT molecular complexity index is 1070. The molecule has 2 N–H and O–H groups in total. The molecule has 8 nitrogen and oxygen atoms in total. The van der Waals surface area contributed by atoms with Crippen molar-refractivity contribution in [2.45, 2.75) is 19.3 Å². The van der Waals surface area contributed by atoms with Gasteiger partial charge in [-0.25, -0.2) is 0 Å². The van der Waals surface area contributed by atoms with Crippen LogP contribution in [0.15, 0.2) is 41.1 Å². The monoisotopic (exact) mass is 422 g/mol. The number of benzene rings is 1. The quantitative estimate of drug-likeness (QED) is 0.578. The van der Waals surface area contributed by atoms with Gasteiger partial charge in [-0.1, -0.05) is 24.6 Å². The lowest BCUT2D eigenvalue weighted by molar-refractivity contribution is -0.384. The van der Waals surface area contributed by atoms with Gasteiger partial charge in [0.25, 0.3) is 5.69 Å². The summed E-state index contributed by atoms with van der Waals surface area (Å²) in [4.78, 5) is 13.0. The van der Waals surface area contributed by atoms with E-state index in [0.717, 1.165) is 13.0 Å². The van der Waals surface area contributed by atoms with E-state index in [1.165, 1.54) is 18.2 Å². The van der Waals surface area contributed by atoms with Crippen molar-refractivity contribution in [3.05, 3.63) is 61.8 Å². The zero-order valence-corrected chi connectivity index (χ0v) is 17.1. The van der Waals surface area contributed by atoms with Gasteiger partial charge in [0, 0.05) is 42.1 Å². The molecule has 0 amide bonds. The number of hydrogen-bond donors (Lipinski definition) is 1. The zero-order chi connectivity index (χ0) is 22.1. The molecule has 0 fully saturated rings. The number of hydrogen-bond acceptors (Lipinski definition) is 7. The van der Waals surface area contributed by atoms with Crippen molar-refractivity contribution in [2.75, 3.05) is 19.6 Å². The third-order valence-corrected chi connectivity index (χ3v) is 6.15. The second-order valence-corrected chi connectivity index (χ2v) is 7.81. The number of non-ortho nitro benzene ring substituents is 1. The molecule has 0 unspecified atom stereocenters. The van der Waals surface area contributed by atoms with Crippen molar-refractivity contribution in [3.8, 4) is 18.2 Å². The van der Waals surface area contributed by atoms with Gasteiger partial charge >= 0.3 is 0 Å². The topological polar surface area (TPSA) is 144 Å². The molecule has 0 bridgehead atoms. The number of halogens is 1. The fraction of sp³-hybridized carbons (Fsp3) is 0.381. The summed E-state index contributed by atoms with van der Waals surface area (Å²) in [7, 11) is 0. The Morgan fingerprint density at radius 3 is 2.63 bits per heavy atom. The van der Waals surface area contributed by atoms with E-state index in [9.17, 15) is 25.9 Å². The van der Waals surface area contributed by atoms with Crippen molar-refractivity contribution >= 4 is 17.3 Å². The summed E-state index contributed by atoms with van der Waals surface area (Å²) in [5.74, 6) is -1.30. The van der Waals surface area contributed by atoms with E-state index in [4.69, 9.17) is 17.3 Å². The predicted octanol–water partition coefficient (Wildman–Crippen LogP) is 3.38. The highest BCUT2D eigenvalue weighted by atomic mass is 35.5. The van der Waals surface area contributed by atoms with Gasteiger partial charge in [0.15, 0.2) is 5.41 Å². The summed E-state index contributed by atoms with van der Waals surface area (Å²) in [5.41, 5.74) is 5.15. The smallest absolute Gasteiger partial charge is 0.269 e. The summed E-state index contributed by atoms with van der Waals surface area (Å²) in [6.45, 7) is 3.93. The summed E-state index contributed by atoms with van der Waals surface area (Å²) < 4.78 is 0. The number of nitro benzene ring substituents is 1. The molecule has 3 rings (SSSR count). The van der Waals surface area contributed by atoms with Crippen LogP contribution in [-0.2, 0) is 0 Å². The van der Waals surface area contributed by atoms with Gasteiger partial charge < -0.3 is 5.73 Å². The average Bonchev–Trinajstić information content (AvgIpc) is 2.74. The van der Waals surface area contributed by atoms with Crippen LogP contribution in [0.25, 0.3) is 0 Å². The minimum absolute atomic E-state index is 0.131. The van der Waals surface area contributed by atoms with E-state index in [2.05, 4.69) is 11.0 Å². The predicted molar refractivity (Wildman–Crippen MR) is 110 cm³/mol. The highest BCUT2D eigenvalue weighted by Crippen LogP contribution is 2.55.